The summed E-state index contributed by atoms with van der Waals surface area (Å²) in [4.78, 5) is 46.9. The first-order valence-electron chi connectivity index (χ1n) is 9.29. The van der Waals surface area contributed by atoms with Crippen LogP contribution in [0.1, 0.15) is 19.6 Å². The lowest BCUT2D eigenvalue weighted by atomic mass is 10.2. The molecule has 1 heterocycles. The SMILES string of the molecule is COc1ccc([N+](=O)[O-])cc1NC(=O)[C@@H](C)OC(=O)CS[C@H](C)C(=O)Nc1cc(C)on1. The molecule has 0 aliphatic rings. The Labute approximate surface area is 187 Å². The maximum atomic E-state index is 12.3. The van der Waals surface area contributed by atoms with Crippen molar-refractivity contribution in [3.8, 4) is 5.75 Å². The molecule has 0 radical (unpaired) electrons. The maximum Gasteiger partial charge on any atom is 0.316 e. The van der Waals surface area contributed by atoms with Crippen molar-refractivity contribution in [2.45, 2.75) is 32.1 Å². The lowest BCUT2D eigenvalue weighted by Crippen LogP contribution is -2.31. The van der Waals surface area contributed by atoms with E-state index in [1.807, 2.05) is 0 Å². The largest absolute Gasteiger partial charge is 0.495 e. The molecule has 0 spiro atoms. The van der Waals surface area contributed by atoms with Crippen molar-refractivity contribution in [1.29, 1.82) is 0 Å². The number of nitro benzene ring substituents is 1. The topological polar surface area (TPSA) is 163 Å². The molecule has 1 aromatic heterocycles. The zero-order valence-electron chi connectivity index (χ0n) is 17.7. The van der Waals surface area contributed by atoms with Crippen molar-refractivity contribution in [3.05, 3.63) is 40.1 Å². The Bertz CT molecular complexity index is 1010. The Balaban J connectivity index is 1.85. The van der Waals surface area contributed by atoms with Gasteiger partial charge in [0, 0.05) is 18.2 Å². The number of carbonyl (C=O) groups is 3. The van der Waals surface area contributed by atoms with Gasteiger partial charge in [-0.25, -0.2) is 0 Å². The van der Waals surface area contributed by atoms with Crippen LogP contribution in [0.25, 0.3) is 0 Å². The number of esters is 1. The summed E-state index contributed by atoms with van der Waals surface area (Å²) < 4.78 is 15.0. The molecule has 2 aromatic rings. The van der Waals surface area contributed by atoms with Gasteiger partial charge in [0.25, 0.3) is 11.6 Å². The number of nitrogens with one attached hydrogen (secondary N) is 2. The van der Waals surface area contributed by atoms with Crippen molar-refractivity contribution in [2.24, 2.45) is 0 Å². The van der Waals surface area contributed by atoms with Gasteiger partial charge in [-0.2, -0.15) is 0 Å². The lowest BCUT2D eigenvalue weighted by Gasteiger charge is -2.15. The van der Waals surface area contributed by atoms with Gasteiger partial charge in [0.1, 0.15) is 11.5 Å². The number of amides is 2. The van der Waals surface area contributed by atoms with Crippen LogP contribution in [0.5, 0.6) is 5.75 Å². The average molecular weight is 466 g/mol. The van der Waals surface area contributed by atoms with Gasteiger partial charge in [0.15, 0.2) is 11.9 Å². The molecule has 0 aliphatic carbocycles. The fourth-order valence-corrected chi connectivity index (χ4v) is 3.01. The van der Waals surface area contributed by atoms with Crippen LogP contribution in [-0.4, -0.2) is 52.1 Å². The average Bonchev–Trinajstić information content (AvgIpc) is 3.16. The van der Waals surface area contributed by atoms with Crippen LogP contribution < -0.4 is 15.4 Å². The van der Waals surface area contributed by atoms with E-state index in [9.17, 15) is 24.5 Å². The fraction of sp³-hybridized carbons (Fsp3) is 0.368. The third-order valence-corrected chi connectivity index (χ3v) is 5.15. The van der Waals surface area contributed by atoms with Crippen molar-refractivity contribution < 1.29 is 33.3 Å². The first-order chi connectivity index (χ1) is 15.1. The fourth-order valence-electron chi connectivity index (χ4n) is 2.35. The summed E-state index contributed by atoms with van der Waals surface area (Å²) in [7, 11) is 1.35. The number of methoxy groups -OCH3 is 1. The monoisotopic (exact) mass is 466 g/mol. The van der Waals surface area contributed by atoms with Crippen LogP contribution in [0.2, 0.25) is 0 Å². The number of carbonyl (C=O) groups excluding carboxylic acids is 3. The molecule has 2 atom stereocenters. The van der Waals surface area contributed by atoms with E-state index < -0.39 is 28.2 Å². The minimum Gasteiger partial charge on any atom is -0.495 e. The summed E-state index contributed by atoms with van der Waals surface area (Å²) in [5, 5.41) is 19.0. The molecule has 0 bridgehead atoms. The van der Waals surface area contributed by atoms with Crippen LogP contribution in [0.4, 0.5) is 17.2 Å². The number of thioether (sulfide) groups is 1. The number of aryl methyl sites for hydroxylation is 1. The van der Waals surface area contributed by atoms with Gasteiger partial charge < -0.3 is 24.6 Å². The Kier molecular flexibility index (Phi) is 8.58. The van der Waals surface area contributed by atoms with E-state index in [2.05, 4.69) is 15.8 Å². The van der Waals surface area contributed by atoms with Gasteiger partial charge in [-0.15, -0.1) is 11.8 Å². The molecule has 0 aliphatic heterocycles. The molecular weight excluding hydrogens is 444 g/mol. The number of nitro groups is 1. The summed E-state index contributed by atoms with van der Waals surface area (Å²) in [6, 6.07) is 5.27. The van der Waals surface area contributed by atoms with Gasteiger partial charge in [-0.3, -0.25) is 24.5 Å². The smallest absolute Gasteiger partial charge is 0.316 e. The number of benzene rings is 1. The molecule has 2 amide bonds. The standard InChI is InChI=1S/C19H22N4O8S/c1-10-7-16(22-31-10)21-19(26)12(3)32-9-17(24)30-11(2)18(25)20-14-8-13(23(27)28)5-6-15(14)29-4/h5-8,11-12H,9H2,1-4H3,(H,20,25)(H,21,22,26)/t11-,12-/m1/s1. The molecule has 172 valence electrons. The van der Waals surface area contributed by atoms with Gasteiger partial charge in [0.2, 0.25) is 5.91 Å². The second-order valence-electron chi connectivity index (χ2n) is 6.53. The second-order valence-corrected chi connectivity index (χ2v) is 7.86. The molecule has 0 unspecified atom stereocenters. The highest BCUT2D eigenvalue weighted by molar-refractivity contribution is 8.01. The second kappa shape index (κ2) is 11.1. The third kappa shape index (κ3) is 6.97. The summed E-state index contributed by atoms with van der Waals surface area (Å²) in [5.74, 6) is -0.942. The van der Waals surface area contributed by atoms with Gasteiger partial charge in [-0.1, -0.05) is 5.16 Å². The zero-order chi connectivity index (χ0) is 23.8. The van der Waals surface area contributed by atoms with Crippen molar-refractivity contribution in [3.63, 3.8) is 0 Å². The van der Waals surface area contributed by atoms with E-state index in [-0.39, 0.29) is 34.6 Å². The first kappa shape index (κ1) is 24.7. The molecular formula is C19H22N4O8S. The molecule has 0 fully saturated rings. The highest BCUT2D eigenvalue weighted by atomic mass is 32.2. The highest BCUT2D eigenvalue weighted by Crippen LogP contribution is 2.29. The minimum absolute atomic E-state index is 0.0670. The van der Waals surface area contributed by atoms with E-state index in [0.29, 0.717) is 5.76 Å². The van der Waals surface area contributed by atoms with E-state index in [4.69, 9.17) is 14.0 Å². The van der Waals surface area contributed by atoms with E-state index in [0.717, 1.165) is 17.8 Å². The van der Waals surface area contributed by atoms with E-state index in [1.54, 1.807) is 19.9 Å². The normalized spacial score (nSPS) is 12.4. The quantitative estimate of drug-likeness (QED) is 0.302. The number of hydrogen-bond acceptors (Lipinski definition) is 10. The van der Waals surface area contributed by atoms with Crippen LogP contribution >= 0.6 is 11.8 Å². The Hall–Kier alpha value is -3.61. The molecule has 2 rings (SSSR count). The Morgan fingerprint density at radius 3 is 2.53 bits per heavy atom. The summed E-state index contributed by atoms with van der Waals surface area (Å²) in [5.41, 5.74) is -0.174. The summed E-state index contributed by atoms with van der Waals surface area (Å²) in [6.07, 6.45) is -1.19. The van der Waals surface area contributed by atoms with Crippen LogP contribution in [0.15, 0.2) is 28.8 Å². The van der Waals surface area contributed by atoms with E-state index in [1.165, 1.54) is 26.2 Å². The molecule has 0 saturated heterocycles. The number of hydrogen-bond donors (Lipinski definition) is 2. The highest BCUT2D eigenvalue weighted by Gasteiger charge is 2.22. The van der Waals surface area contributed by atoms with Crippen LogP contribution in [0, 0.1) is 17.0 Å². The predicted molar refractivity (Wildman–Crippen MR) is 116 cm³/mol. The van der Waals surface area contributed by atoms with Crippen LogP contribution in [0.3, 0.4) is 0 Å². The van der Waals surface area contributed by atoms with Gasteiger partial charge in [-0.05, 0) is 26.8 Å². The van der Waals surface area contributed by atoms with Gasteiger partial charge >= 0.3 is 5.97 Å². The number of ether oxygens (including phenoxy) is 2. The number of anilines is 2. The Morgan fingerprint density at radius 2 is 1.94 bits per heavy atom. The molecule has 2 N–H and O–H groups in total. The molecule has 12 nitrogen and oxygen atoms in total. The summed E-state index contributed by atoms with van der Waals surface area (Å²) in [6.45, 7) is 4.64. The third-order valence-electron chi connectivity index (χ3n) is 4.03. The molecule has 1 aromatic carbocycles. The molecule has 13 heteroatoms. The van der Waals surface area contributed by atoms with Gasteiger partial charge in [0.05, 0.1) is 28.7 Å². The first-order valence-corrected chi connectivity index (χ1v) is 10.3. The minimum atomic E-state index is -1.19. The molecule has 0 saturated carbocycles. The number of nitrogens with zero attached hydrogens (tertiary/aromatic N) is 2. The predicted octanol–water partition coefficient (Wildman–Crippen LogP) is 2.53. The van der Waals surface area contributed by atoms with Crippen molar-refractivity contribution >= 4 is 46.7 Å². The van der Waals surface area contributed by atoms with E-state index >= 15 is 0 Å². The zero-order valence-corrected chi connectivity index (χ0v) is 18.6. The Morgan fingerprint density at radius 1 is 1.22 bits per heavy atom. The van der Waals surface area contributed by atoms with Crippen molar-refractivity contribution in [1.82, 2.24) is 5.16 Å². The number of non-ortho nitro benzene ring substituents is 1. The van der Waals surface area contributed by atoms with Crippen molar-refractivity contribution in [2.75, 3.05) is 23.5 Å². The van der Waals surface area contributed by atoms with Crippen LogP contribution in [-0.2, 0) is 19.1 Å². The lowest BCUT2D eigenvalue weighted by molar-refractivity contribution is -0.384. The number of aromatic nitrogens is 1. The number of rotatable bonds is 10. The summed E-state index contributed by atoms with van der Waals surface area (Å²) >= 11 is 1.02. The maximum absolute atomic E-state index is 12.3. The molecule has 32 heavy (non-hydrogen) atoms.